The van der Waals surface area contributed by atoms with E-state index in [-0.39, 0.29) is 12.1 Å². The highest BCUT2D eigenvalue weighted by Crippen LogP contribution is 2.32. The molecule has 3 atom stereocenters. The number of halogens is 4. The minimum atomic E-state index is -4.45. The molecule has 40 heavy (non-hydrogen) atoms. The van der Waals surface area contributed by atoms with E-state index in [1.807, 2.05) is 36.7 Å². The first-order chi connectivity index (χ1) is 18.8. The summed E-state index contributed by atoms with van der Waals surface area (Å²) in [4.78, 5) is 11.0. The molecule has 4 rings (SSSR count). The number of alkyl halides is 3. The van der Waals surface area contributed by atoms with E-state index in [1.165, 1.54) is 19.1 Å². The number of fused-ring (bicyclic) bond motifs is 1. The van der Waals surface area contributed by atoms with Crippen LogP contribution < -0.4 is 10.0 Å². The van der Waals surface area contributed by atoms with Crippen molar-refractivity contribution in [1.29, 1.82) is 0 Å². The standard InChI is InChI=1S/C28H35F4N5O2S/c1-5-17-11-19(18-7-9-24(22(29)13-18)36-40(38,39)16-28(31,32)6-2)12-20-15-33-27(35-26(17)20)34-21-8-10-25(37(3)4)23(30)14-21/h7,9,11-13,15,21,23,25,36H,5-6,8,10,14,16H2,1-4H3,(H,33,34,35)/t21-,23?,25-/m0/s1. The van der Waals surface area contributed by atoms with Gasteiger partial charge in [-0.05, 0) is 74.3 Å². The summed E-state index contributed by atoms with van der Waals surface area (Å²) in [7, 11) is -0.676. The zero-order chi connectivity index (χ0) is 29.2. The van der Waals surface area contributed by atoms with Crippen LogP contribution in [0.5, 0.6) is 0 Å². The van der Waals surface area contributed by atoms with Crippen molar-refractivity contribution < 1.29 is 26.0 Å². The summed E-state index contributed by atoms with van der Waals surface area (Å²) in [5.41, 5.74) is 2.36. The van der Waals surface area contributed by atoms with Crippen molar-refractivity contribution >= 4 is 32.6 Å². The van der Waals surface area contributed by atoms with Crippen molar-refractivity contribution in [3.05, 3.63) is 47.9 Å². The zero-order valence-corrected chi connectivity index (χ0v) is 23.8. The largest absolute Gasteiger partial charge is 0.351 e. The molecule has 2 aromatic carbocycles. The van der Waals surface area contributed by atoms with Gasteiger partial charge >= 0.3 is 0 Å². The van der Waals surface area contributed by atoms with Gasteiger partial charge in [0.2, 0.25) is 16.0 Å². The van der Waals surface area contributed by atoms with E-state index in [9.17, 15) is 26.0 Å². The molecule has 1 aliphatic rings. The average Bonchev–Trinajstić information content (AvgIpc) is 2.88. The average molecular weight is 582 g/mol. The molecule has 0 saturated heterocycles. The topological polar surface area (TPSA) is 87.2 Å². The van der Waals surface area contributed by atoms with E-state index < -0.39 is 45.8 Å². The molecule has 2 N–H and O–H groups in total. The van der Waals surface area contributed by atoms with Crippen molar-refractivity contribution in [2.24, 2.45) is 0 Å². The van der Waals surface area contributed by atoms with Gasteiger partial charge < -0.3 is 10.2 Å². The highest BCUT2D eigenvalue weighted by atomic mass is 32.2. The Hall–Kier alpha value is -2.99. The molecule has 1 aromatic heterocycles. The molecule has 218 valence electrons. The molecule has 7 nitrogen and oxygen atoms in total. The van der Waals surface area contributed by atoms with Crippen LogP contribution in [0.3, 0.4) is 0 Å². The lowest BCUT2D eigenvalue weighted by Gasteiger charge is -2.35. The summed E-state index contributed by atoms with van der Waals surface area (Å²) in [5, 5.41) is 4.01. The summed E-state index contributed by atoms with van der Waals surface area (Å²) in [6.45, 7) is 3.15. The van der Waals surface area contributed by atoms with Gasteiger partial charge in [0, 0.05) is 36.5 Å². The minimum absolute atomic E-state index is 0.0693. The Kier molecular flexibility index (Phi) is 8.89. The molecule has 3 aromatic rings. The fourth-order valence-electron chi connectivity index (χ4n) is 5.08. The Morgan fingerprint density at radius 3 is 2.48 bits per heavy atom. The predicted molar refractivity (Wildman–Crippen MR) is 151 cm³/mol. The van der Waals surface area contributed by atoms with Gasteiger partial charge in [0.05, 0.1) is 11.2 Å². The van der Waals surface area contributed by atoms with Crippen molar-refractivity contribution in [3.63, 3.8) is 0 Å². The monoisotopic (exact) mass is 581 g/mol. The van der Waals surface area contributed by atoms with Crippen LogP contribution in [-0.4, -0.2) is 67.3 Å². The van der Waals surface area contributed by atoms with Gasteiger partial charge in [0.25, 0.3) is 5.92 Å². The number of aryl methyl sites for hydroxylation is 1. The second-order valence-corrected chi connectivity index (χ2v) is 12.3. The summed E-state index contributed by atoms with van der Waals surface area (Å²) < 4.78 is 82.9. The Labute approximate surface area is 232 Å². The minimum Gasteiger partial charge on any atom is -0.351 e. The molecule has 0 bridgehead atoms. The Bertz CT molecular complexity index is 1470. The fraction of sp³-hybridized carbons (Fsp3) is 0.500. The van der Waals surface area contributed by atoms with E-state index in [1.54, 1.807) is 12.3 Å². The lowest BCUT2D eigenvalue weighted by Crippen LogP contribution is -2.44. The fourth-order valence-corrected chi connectivity index (χ4v) is 6.41. The molecule has 1 fully saturated rings. The van der Waals surface area contributed by atoms with Gasteiger partial charge in [0.1, 0.15) is 17.7 Å². The zero-order valence-electron chi connectivity index (χ0n) is 23.0. The third-order valence-electron chi connectivity index (χ3n) is 7.36. The number of benzene rings is 2. The summed E-state index contributed by atoms with van der Waals surface area (Å²) in [6, 6.07) is 7.41. The van der Waals surface area contributed by atoms with Crippen LogP contribution in [0.1, 0.15) is 45.1 Å². The Morgan fingerprint density at radius 2 is 1.85 bits per heavy atom. The van der Waals surface area contributed by atoms with Gasteiger partial charge in [0.15, 0.2) is 0 Å². The first kappa shape index (κ1) is 30.0. The maximum atomic E-state index is 14.9. The second-order valence-electron chi connectivity index (χ2n) is 10.6. The number of aromatic nitrogens is 2. The number of rotatable bonds is 10. The molecule has 1 unspecified atom stereocenters. The first-order valence-corrected chi connectivity index (χ1v) is 15.0. The number of sulfonamides is 1. The van der Waals surface area contributed by atoms with Crippen LogP contribution in [0, 0.1) is 5.82 Å². The molecule has 1 aliphatic carbocycles. The van der Waals surface area contributed by atoms with Gasteiger partial charge in [-0.25, -0.2) is 35.9 Å². The van der Waals surface area contributed by atoms with Crippen molar-refractivity contribution in [2.75, 3.05) is 29.9 Å². The van der Waals surface area contributed by atoms with Gasteiger partial charge in [-0.3, -0.25) is 4.72 Å². The lowest BCUT2D eigenvalue weighted by molar-refractivity contribution is 0.0219. The molecule has 0 aliphatic heterocycles. The van der Waals surface area contributed by atoms with E-state index in [0.717, 1.165) is 35.4 Å². The van der Waals surface area contributed by atoms with Crippen LogP contribution in [-0.2, 0) is 16.4 Å². The SMILES string of the molecule is CCc1cc(-c2ccc(NS(=O)(=O)CC(F)(F)CC)c(F)c2)cc2cnc(N[C@H]3CC[C@H](N(C)C)C(F)C3)nc12. The summed E-state index contributed by atoms with van der Waals surface area (Å²) in [6.07, 6.45) is 2.64. The van der Waals surface area contributed by atoms with Crippen LogP contribution in [0.2, 0.25) is 0 Å². The number of nitrogens with zero attached hydrogens (tertiary/aromatic N) is 3. The molecule has 1 saturated carbocycles. The van der Waals surface area contributed by atoms with Crippen LogP contribution in [0.4, 0.5) is 29.2 Å². The molecular weight excluding hydrogens is 546 g/mol. The molecule has 0 spiro atoms. The maximum Gasteiger partial charge on any atom is 0.263 e. The van der Waals surface area contributed by atoms with Gasteiger partial charge in [-0.15, -0.1) is 0 Å². The predicted octanol–water partition coefficient (Wildman–Crippen LogP) is 6.02. The van der Waals surface area contributed by atoms with E-state index in [0.29, 0.717) is 29.9 Å². The van der Waals surface area contributed by atoms with Gasteiger partial charge in [-0.1, -0.05) is 19.9 Å². The van der Waals surface area contributed by atoms with Crippen LogP contribution in [0.25, 0.3) is 22.0 Å². The lowest BCUT2D eigenvalue weighted by atomic mass is 9.89. The number of anilines is 2. The van der Waals surface area contributed by atoms with Crippen molar-refractivity contribution in [1.82, 2.24) is 14.9 Å². The molecule has 12 heteroatoms. The van der Waals surface area contributed by atoms with Crippen LogP contribution in [0.15, 0.2) is 36.5 Å². The molecule has 1 heterocycles. The number of hydrogen-bond acceptors (Lipinski definition) is 6. The third kappa shape index (κ3) is 7.01. The summed E-state index contributed by atoms with van der Waals surface area (Å²) >= 11 is 0. The number of nitrogens with one attached hydrogen (secondary N) is 2. The maximum absolute atomic E-state index is 14.9. The Balaban J connectivity index is 1.55. The molecule has 0 amide bonds. The normalized spacial score (nSPS) is 20.2. The second kappa shape index (κ2) is 11.9. The highest BCUT2D eigenvalue weighted by Gasteiger charge is 2.34. The quantitative estimate of drug-likeness (QED) is 0.285. The van der Waals surface area contributed by atoms with Crippen molar-refractivity contribution in [2.45, 2.75) is 70.1 Å². The third-order valence-corrected chi connectivity index (χ3v) is 8.70. The van der Waals surface area contributed by atoms with E-state index >= 15 is 0 Å². The summed E-state index contributed by atoms with van der Waals surface area (Å²) in [5.74, 6) is -5.30. The van der Waals surface area contributed by atoms with Crippen LogP contribution >= 0.6 is 0 Å². The van der Waals surface area contributed by atoms with E-state index in [2.05, 4.69) is 10.3 Å². The molecule has 0 radical (unpaired) electrons. The molecular formula is C28H35F4N5O2S. The van der Waals surface area contributed by atoms with E-state index in [4.69, 9.17) is 4.98 Å². The first-order valence-electron chi connectivity index (χ1n) is 13.4. The number of hydrogen-bond donors (Lipinski definition) is 2. The highest BCUT2D eigenvalue weighted by molar-refractivity contribution is 7.92. The van der Waals surface area contributed by atoms with Gasteiger partial charge in [-0.2, -0.15) is 0 Å². The van der Waals surface area contributed by atoms with Crippen molar-refractivity contribution in [3.8, 4) is 11.1 Å². The Morgan fingerprint density at radius 1 is 1.10 bits per heavy atom. The smallest absolute Gasteiger partial charge is 0.263 e.